The fourth-order valence-corrected chi connectivity index (χ4v) is 4.99. The maximum Gasteiger partial charge on any atom is 0.230 e. The third kappa shape index (κ3) is 2.87. The van der Waals surface area contributed by atoms with E-state index < -0.39 is 0 Å². The number of hydrogen-bond acceptors (Lipinski definition) is 5. The molecule has 4 aromatic heterocycles. The summed E-state index contributed by atoms with van der Waals surface area (Å²) >= 11 is 0. The van der Waals surface area contributed by atoms with Gasteiger partial charge in [0.05, 0.1) is 6.20 Å². The van der Waals surface area contributed by atoms with E-state index in [1.807, 2.05) is 28.8 Å². The summed E-state index contributed by atoms with van der Waals surface area (Å²) in [6.45, 7) is 0.985. The molecule has 1 aliphatic heterocycles. The van der Waals surface area contributed by atoms with Gasteiger partial charge in [-0.2, -0.15) is 4.98 Å². The van der Waals surface area contributed by atoms with E-state index in [-0.39, 0.29) is 5.92 Å². The van der Waals surface area contributed by atoms with Crippen LogP contribution in [0.4, 0.5) is 0 Å². The van der Waals surface area contributed by atoms with Gasteiger partial charge in [-0.05, 0) is 31.4 Å². The summed E-state index contributed by atoms with van der Waals surface area (Å²) in [6.07, 6.45) is 14.4. The lowest BCUT2D eigenvalue weighted by molar-refractivity contribution is 0.320. The molecule has 0 radical (unpaired) electrons. The number of fused-ring (bicyclic) bond motifs is 2. The van der Waals surface area contributed by atoms with E-state index in [4.69, 9.17) is 14.5 Å². The molecule has 0 amide bonds. The van der Waals surface area contributed by atoms with Gasteiger partial charge in [-0.25, -0.2) is 9.97 Å². The van der Waals surface area contributed by atoms with Crippen LogP contribution in [0.25, 0.3) is 17.2 Å². The van der Waals surface area contributed by atoms with E-state index in [1.165, 1.54) is 43.6 Å². The smallest absolute Gasteiger partial charge is 0.230 e. The van der Waals surface area contributed by atoms with Crippen molar-refractivity contribution >= 4 is 5.65 Å². The number of pyridine rings is 1. The predicted molar refractivity (Wildman–Crippen MR) is 108 cm³/mol. The van der Waals surface area contributed by atoms with Crippen LogP contribution in [-0.2, 0) is 13.0 Å². The van der Waals surface area contributed by atoms with Crippen molar-refractivity contribution < 1.29 is 4.52 Å². The highest BCUT2D eigenvalue weighted by Crippen LogP contribution is 2.36. The topological polar surface area (TPSA) is 74.0 Å². The molecule has 0 spiro atoms. The molecule has 0 saturated heterocycles. The van der Waals surface area contributed by atoms with Gasteiger partial charge in [-0.3, -0.25) is 4.40 Å². The van der Waals surface area contributed by atoms with Crippen LogP contribution in [0.2, 0.25) is 0 Å². The zero-order valence-corrected chi connectivity index (χ0v) is 16.4. The van der Waals surface area contributed by atoms with Crippen molar-refractivity contribution in [1.29, 1.82) is 0 Å². The molecular formula is C22H24N6O. The molecule has 7 nitrogen and oxygen atoms in total. The van der Waals surface area contributed by atoms with Crippen LogP contribution in [0.1, 0.15) is 67.8 Å². The van der Waals surface area contributed by atoms with Gasteiger partial charge in [0.15, 0.2) is 0 Å². The molecule has 148 valence electrons. The summed E-state index contributed by atoms with van der Waals surface area (Å²) in [7, 11) is 0. The summed E-state index contributed by atoms with van der Waals surface area (Å²) in [5.74, 6) is 3.51. The average molecular weight is 388 g/mol. The van der Waals surface area contributed by atoms with Crippen LogP contribution in [0.3, 0.4) is 0 Å². The third-order valence-corrected chi connectivity index (χ3v) is 6.53. The Kier molecular flexibility index (Phi) is 3.99. The van der Waals surface area contributed by atoms with Crippen molar-refractivity contribution in [3.05, 3.63) is 54.2 Å². The molecule has 2 aliphatic rings. The monoisotopic (exact) mass is 388 g/mol. The Morgan fingerprint density at radius 3 is 2.83 bits per heavy atom. The van der Waals surface area contributed by atoms with E-state index in [9.17, 15) is 0 Å². The highest BCUT2D eigenvalue weighted by Gasteiger charge is 2.29. The van der Waals surface area contributed by atoms with Crippen LogP contribution in [0, 0.1) is 0 Å². The first-order chi connectivity index (χ1) is 14.4. The highest BCUT2D eigenvalue weighted by molar-refractivity contribution is 5.56. The maximum atomic E-state index is 5.68. The minimum atomic E-state index is 0.249. The number of aromatic nitrogens is 6. The van der Waals surface area contributed by atoms with Crippen LogP contribution < -0.4 is 0 Å². The molecule has 29 heavy (non-hydrogen) atoms. The minimum Gasteiger partial charge on any atom is -0.339 e. The Labute approximate surface area is 168 Å². The van der Waals surface area contributed by atoms with Crippen molar-refractivity contribution in [2.75, 3.05) is 0 Å². The van der Waals surface area contributed by atoms with Gasteiger partial charge in [0.25, 0.3) is 0 Å². The Balaban J connectivity index is 1.25. The second-order valence-corrected chi connectivity index (χ2v) is 8.31. The second kappa shape index (κ2) is 6.83. The lowest BCUT2D eigenvalue weighted by Gasteiger charge is -2.26. The number of rotatable bonds is 3. The molecule has 1 fully saturated rings. The van der Waals surface area contributed by atoms with Crippen LogP contribution >= 0.6 is 0 Å². The quantitative estimate of drug-likeness (QED) is 0.521. The molecule has 1 unspecified atom stereocenters. The van der Waals surface area contributed by atoms with Gasteiger partial charge in [0, 0.05) is 42.9 Å². The Hall–Kier alpha value is -2.96. The van der Waals surface area contributed by atoms with Gasteiger partial charge in [-0.1, -0.05) is 30.5 Å². The summed E-state index contributed by atoms with van der Waals surface area (Å²) < 4.78 is 10.1. The first kappa shape index (κ1) is 16.9. The van der Waals surface area contributed by atoms with Crippen molar-refractivity contribution in [3.63, 3.8) is 0 Å². The Morgan fingerprint density at radius 2 is 1.90 bits per heavy atom. The molecule has 6 rings (SSSR count). The van der Waals surface area contributed by atoms with Gasteiger partial charge in [0.2, 0.25) is 11.7 Å². The zero-order valence-electron chi connectivity index (χ0n) is 16.4. The van der Waals surface area contributed by atoms with E-state index in [0.29, 0.717) is 11.7 Å². The third-order valence-electron chi connectivity index (χ3n) is 6.53. The van der Waals surface area contributed by atoms with Crippen molar-refractivity contribution in [2.24, 2.45) is 0 Å². The molecule has 0 bridgehead atoms. The number of nitrogens with zero attached hydrogens (tertiary/aromatic N) is 6. The van der Waals surface area contributed by atoms with E-state index in [2.05, 4.69) is 20.9 Å². The summed E-state index contributed by atoms with van der Waals surface area (Å²) in [6, 6.07) is 5.92. The minimum absolute atomic E-state index is 0.249. The molecule has 4 aromatic rings. The van der Waals surface area contributed by atoms with E-state index >= 15 is 0 Å². The Bertz CT molecular complexity index is 1150. The van der Waals surface area contributed by atoms with Gasteiger partial charge in [0.1, 0.15) is 17.2 Å². The molecule has 1 saturated carbocycles. The van der Waals surface area contributed by atoms with E-state index in [1.54, 1.807) is 6.20 Å². The maximum absolute atomic E-state index is 5.68. The van der Waals surface area contributed by atoms with Crippen LogP contribution in [0.5, 0.6) is 0 Å². The van der Waals surface area contributed by atoms with Crippen LogP contribution in [-0.4, -0.2) is 29.1 Å². The predicted octanol–water partition coefficient (Wildman–Crippen LogP) is 4.36. The van der Waals surface area contributed by atoms with Gasteiger partial charge >= 0.3 is 0 Å². The fourth-order valence-electron chi connectivity index (χ4n) is 4.99. The SMILES string of the molecule is c1ccn2c(-c3noc(C4CCn5c(cnc5C5CCCCC5)C4)n3)cnc2c1. The molecule has 5 heterocycles. The molecule has 0 aromatic carbocycles. The summed E-state index contributed by atoms with van der Waals surface area (Å²) in [5, 5.41) is 4.25. The molecule has 1 aliphatic carbocycles. The van der Waals surface area contributed by atoms with Crippen molar-refractivity contribution in [3.8, 4) is 11.5 Å². The average Bonchev–Trinajstić information content (AvgIpc) is 3.51. The highest BCUT2D eigenvalue weighted by atomic mass is 16.5. The number of hydrogen-bond donors (Lipinski definition) is 0. The second-order valence-electron chi connectivity index (χ2n) is 8.31. The molecule has 0 N–H and O–H groups in total. The van der Waals surface area contributed by atoms with Gasteiger partial charge in [-0.15, -0.1) is 0 Å². The lowest BCUT2D eigenvalue weighted by Crippen LogP contribution is -2.21. The lowest BCUT2D eigenvalue weighted by atomic mass is 9.88. The summed E-state index contributed by atoms with van der Waals surface area (Å²) in [5.41, 5.74) is 3.04. The van der Waals surface area contributed by atoms with Crippen molar-refractivity contribution in [2.45, 2.75) is 63.3 Å². The van der Waals surface area contributed by atoms with E-state index in [0.717, 1.165) is 36.6 Å². The largest absolute Gasteiger partial charge is 0.339 e. The molecule has 1 atom stereocenters. The first-order valence-electron chi connectivity index (χ1n) is 10.7. The standard InChI is InChI=1S/C22H24N6O/c1-2-6-15(7-3-1)21-24-13-17-12-16(9-11-27(17)21)22-25-20(26-29-22)18-14-23-19-8-4-5-10-28(18)19/h4-5,8,10,13-16H,1-3,6-7,9,11-12H2. The van der Waals surface area contributed by atoms with Gasteiger partial charge < -0.3 is 9.09 Å². The summed E-state index contributed by atoms with van der Waals surface area (Å²) in [4.78, 5) is 14.0. The Morgan fingerprint density at radius 1 is 0.966 bits per heavy atom. The fraction of sp³-hybridized carbons (Fsp3) is 0.455. The van der Waals surface area contributed by atoms with Crippen molar-refractivity contribution in [1.82, 2.24) is 29.1 Å². The normalized spacial score (nSPS) is 20.2. The molecular weight excluding hydrogens is 364 g/mol. The number of imidazole rings is 2. The van der Waals surface area contributed by atoms with Crippen LogP contribution in [0.15, 0.2) is 41.3 Å². The zero-order chi connectivity index (χ0) is 19.2. The first-order valence-corrected chi connectivity index (χ1v) is 10.7. The molecule has 7 heteroatoms.